The SMILES string of the molecule is Oc1ccc(CNCCC2CC2)cc1. The van der Waals surface area contributed by atoms with E-state index >= 15 is 0 Å². The Morgan fingerprint density at radius 2 is 1.93 bits per heavy atom. The van der Waals surface area contributed by atoms with E-state index in [-0.39, 0.29) is 0 Å². The maximum absolute atomic E-state index is 9.09. The van der Waals surface area contributed by atoms with Gasteiger partial charge in [0.05, 0.1) is 0 Å². The Balaban J connectivity index is 1.66. The first kappa shape index (κ1) is 9.53. The van der Waals surface area contributed by atoms with Crippen LogP contribution in [-0.2, 0) is 6.54 Å². The first-order valence-corrected chi connectivity index (χ1v) is 5.33. The Kier molecular flexibility index (Phi) is 3.04. The molecule has 1 aromatic rings. The lowest BCUT2D eigenvalue weighted by Crippen LogP contribution is -2.14. The Labute approximate surface area is 85.0 Å². The number of hydrogen-bond donors (Lipinski definition) is 2. The van der Waals surface area contributed by atoms with E-state index in [1.54, 1.807) is 12.1 Å². The molecule has 0 amide bonds. The predicted molar refractivity (Wildman–Crippen MR) is 57.2 cm³/mol. The van der Waals surface area contributed by atoms with Gasteiger partial charge in [0.2, 0.25) is 0 Å². The molecule has 0 heterocycles. The fourth-order valence-electron chi connectivity index (χ4n) is 1.56. The maximum atomic E-state index is 9.09. The number of phenolic OH excluding ortho intramolecular Hbond substituents is 1. The molecule has 0 radical (unpaired) electrons. The smallest absolute Gasteiger partial charge is 0.115 e. The van der Waals surface area contributed by atoms with Crippen molar-refractivity contribution in [2.75, 3.05) is 6.54 Å². The molecule has 1 saturated carbocycles. The summed E-state index contributed by atoms with van der Waals surface area (Å²) in [5, 5.41) is 12.5. The van der Waals surface area contributed by atoms with Gasteiger partial charge in [-0.05, 0) is 36.6 Å². The molecule has 0 aromatic heterocycles. The van der Waals surface area contributed by atoms with E-state index in [0.29, 0.717) is 5.75 Å². The predicted octanol–water partition coefficient (Wildman–Crippen LogP) is 2.28. The minimum absolute atomic E-state index is 0.340. The van der Waals surface area contributed by atoms with Crippen LogP contribution >= 0.6 is 0 Å². The van der Waals surface area contributed by atoms with Crippen molar-refractivity contribution in [3.63, 3.8) is 0 Å². The standard InChI is InChI=1S/C12H17NO/c14-12-5-3-11(4-6-12)9-13-8-7-10-1-2-10/h3-6,10,13-14H,1-2,7-9H2. The van der Waals surface area contributed by atoms with Gasteiger partial charge in [0, 0.05) is 6.54 Å². The number of phenols is 1. The summed E-state index contributed by atoms with van der Waals surface area (Å²) in [5.41, 5.74) is 1.23. The zero-order chi connectivity index (χ0) is 9.80. The number of aromatic hydroxyl groups is 1. The summed E-state index contributed by atoms with van der Waals surface area (Å²) in [5.74, 6) is 1.34. The van der Waals surface area contributed by atoms with Crippen LogP contribution in [0.25, 0.3) is 0 Å². The molecule has 0 spiro atoms. The summed E-state index contributed by atoms with van der Waals surface area (Å²) in [6.45, 7) is 2.03. The first-order chi connectivity index (χ1) is 6.84. The van der Waals surface area contributed by atoms with E-state index in [4.69, 9.17) is 5.11 Å². The fourth-order valence-corrected chi connectivity index (χ4v) is 1.56. The van der Waals surface area contributed by atoms with Gasteiger partial charge in [0.1, 0.15) is 5.75 Å². The normalized spacial score (nSPS) is 15.7. The van der Waals surface area contributed by atoms with Crippen LogP contribution in [-0.4, -0.2) is 11.7 Å². The molecule has 14 heavy (non-hydrogen) atoms. The lowest BCUT2D eigenvalue weighted by molar-refractivity contribution is 0.475. The zero-order valence-electron chi connectivity index (χ0n) is 8.37. The summed E-state index contributed by atoms with van der Waals surface area (Å²) < 4.78 is 0. The van der Waals surface area contributed by atoms with Crippen LogP contribution in [0.5, 0.6) is 5.75 Å². The van der Waals surface area contributed by atoms with Crippen LogP contribution in [0.4, 0.5) is 0 Å². The summed E-state index contributed by atoms with van der Waals surface area (Å²) in [4.78, 5) is 0. The van der Waals surface area contributed by atoms with Crippen molar-refractivity contribution < 1.29 is 5.11 Å². The highest BCUT2D eigenvalue weighted by Gasteiger charge is 2.19. The quantitative estimate of drug-likeness (QED) is 0.700. The largest absolute Gasteiger partial charge is 0.508 e. The third-order valence-corrected chi connectivity index (χ3v) is 2.69. The minimum atomic E-state index is 0.340. The van der Waals surface area contributed by atoms with Crippen molar-refractivity contribution >= 4 is 0 Å². The Morgan fingerprint density at radius 3 is 2.57 bits per heavy atom. The van der Waals surface area contributed by atoms with Crippen molar-refractivity contribution in [2.45, 2.75) is 25.8 Å². The van der Waals surface area contributed by atoms with Crippen molar-refractivity contribution in [1.82, 2.24) is 5.32 Å². The molecular weight excluding hydrogens is 174 g/mol. The topological polar surface area (TPSA) is 32.3 Å². The average molecular weight is 191 g/mol. The molecule has 1 aliphatic carbocycles. The van der Waals surface area contributed by atoms with E-state index in [1.807, 2.05) is 12.1 Å². The molecule has 2 heteroatoms. The van der Waals surface area contributed by atoms with Gasteiger partial charge < -0.3 is 10.4 Å². The number of hydrogen-bond acceptors (Lipinski definition) is 2. The number of benzene rings is 1. The molecule has 1 aliphatic rings. The third-order valence-electron chi connectivity index (χ3n) is 2.69. The molecule has 0 atom stereocenters. The van der Waals surface area contributed by atoms with Crippen LogP contribution in [0, 0.1) is 5.92 Å². The van der Waals surface area contributed by atoms with E-state index in [9.17, 15) is 0 Å². The van der Waals surface area contributed by atoms with Gasteiger partial charge in [-0.3, -0.25) is 0 Å². The van der Waals surface area contributed by atoms with Gasteiger partial charge in [-0.2, -0.15) is 0 Å². The maximum Gasteiger partial charge on any atom is 0.115 e. The second kappa shape index (κ2) is 4.47. The monoisotopic (exact) mass is 191 g/mol. The van der Waals surface area contributed by atoms with Crippen LogP contribution in [0.2, 0.25) is 0 Å². The first-order valence-electron chi connectivity index (χ1n) is 5.33. The van der Waals surface area contributed by atoms with Crippen molar-refractivity contribution in [1.29, 1.82) is 0 Å². The highest BCUT2D eigenvalue weighted by atomic mass is 16.3. The van der Waals surface area contributed by atoms with Crippen LogP contribution in [0.15, 0.2) is 24.3 Å². The third kappa shape index (κ3) is 3.04. The number of rotatable bonds is 5. The van der Waals surface area contributed by atoms with E-state index in [0.717, 1.165) is 19.0 Å². The second-order valence-electron chi connectivity index (χ2n) is 4.08. The molecule has 2 rings (SSSR count). The van der Waals surface area contributed by atoms with Gasteiger partial charge in [0.15, 0.2) is 0 Å². The Bertz CT molecular complexity index is 277. The Hall–Kier alpha value is -1.02. The number of nitrogens with one attached hydrogen (secondary N) is 1. The fraction of sp³-hybridized carbons (Fsp3) is 0.500. The van der Waals surface area contributed by atoms with Gasteiger partial charge in [-0.15, -0.1) is 0 Å². The molecule has 2 nitrogen and oxygen atoms in total. The van der Waals surface area contributed by atoms with E-state index in [2.05, 4.69) is 5.32 Å². The zero-order valence-corrected chi connectivity index (χ0v) is 8.37. The van der Waals surface area contributed by atoms with E-state index < -0.39 is 0 Å². The molecule has 76 valence electrons. The lowest BCUT2D eigenvalue weighted by Gasteiger charge is -2.04. The molecule has 0 saturated heterocycles. The highest BCUT2D eigenvalue weighted by molar-refractivity contribution is 5.25. The highest BCUT2D eigenvalue weighted by Crippen LogP contribution is 2.31. The molecule has 0 bridgehead atoms. The summed E-state index contributed by atoms with van der Waals surface area (Å²) in [6.07, 6.45) is 4.18. The minimum Gasteiger partial charge on any atom is -0.508 e. The van der Waals surface area contributed by atoms with Crippen LogP contribution < -0.4 is 5.32 Å². The summed E-state index contributed by atoms with van der Waals surface area (Å²) >= 11 is 0. The molecule has 1 aromatic carbocycles. The Morgan fingerprint density at radius 1 is 1.21 bits per heavy atom. The molecule has 1 fully saturated rings. The van der Waals surface area contributed by atoms with Gasteiger partial charge in [-0.1, -0.05) is 25.0 Å². The summed E-state index contributed by atoms with van der Waals surface area (Å²) in [6, 6.07) is 7.38. The van der Waals surface area contributed by atoms with Crippen LogP contribution in [0.1, 0.15) is 24.8 Å². The van der Waals surface area contributed by atoms with Crippen molar-refractivity contribution in [2.24, 2.45) is 5.92 Å². The van der Waals surface area contributed by atoms with Gasteiger partial charge in [-0.25, -0.2) is 0 Å². The van der Waals surface area contributed by atoms with Crippen LogP contribution in [0.3, 0.4) is 0 Å². The molecule has 0 unspecified atom stereocenters. The van der Waals surface area contributed by atoms with Crippen molar-refractivity contribution in [3.8, 4) is 5.75 Å². The van der Waals surface area contributed by atoms with Crippen molar-refractivity contribution in [3.05, 3.63) is 29.8 Å². The molecular formula is C12H17NO. The molecule has 0 aliphatic heterocycles. The van der Waals surface area contributed by atoms with Gasteiger partial charge >= 0.3 is 0 Å². The summed E-state index contributed by atoms with van der Waals surface area (Å²) in [7, 11) is 0. The second-order valence-corrected chi connectivity index (χ2v) is 4.08. The lowest BCUT2D eigenvalue weighted by atomic mass is 10.2. The van der Waals surface area contributed by atoms with Gasteiger partial charge in [0.25, 0.3) is 0 Å². The van der Waals surface area contributed by atoms with E-state index in [1.165, 1.54) is 24.8 Å². The average Bonchev–Trinajstić information content (AvgIpc) is 2.99. The molecule has 2 N–H and O–H groups in total.